The van der Waals surface area contributed by atoms with Gasteiger partial charge in [0.25, 0.3) is 0 Å². The van der Waals surface area contributed by atoms with Crippen molar-refractivity contribution in [3.63, 3.8) is 0 Å². The Morgan fingerprint density at radius 1 is 1.37 bits per heavy atom. The predicted octanol–water partition coefficient (Wildman–Crippen LogP) is 3.62. The lowest BCUT2D eigenvalue weighted by Crippen LogP contribution is -2.27. The van der Waals surface area contributed by atoms with Crippen molar-refractivity contribution in [1.29, 1.82) is 0 Å². The fourth-order valence-corrected chi connectivity index (χ4v) is 2.43. The zero-order valence-corrected chi connectivity index (χ0v) is 12.3. The Morgan fingerprint density at radius 2 is 2.05 bits per heavy atom. The van der Waals surface area contributed by atoms with Crippen molar-refractivity contribution in [3.05, 3.63) is 22.8 Å². The predicted molar refractivity (Wildman–Crippen MR) is 78.0 cm³/mol. The topological polar surface area (TPSA) is 50.4 Å². The first-order chi connectivity index (χ1) is 8.78. The molecule has 4 heteroatoms. The number of amides is 1. The van der Waals surface area contributed by atoms with Crippen LogP contribution < -0.4 is 10.6 Å². The largest absolute Gasteiger partial charge is 0.444 e. The molecule has 2 N–H and O–H groups in total. The SMILES string of the molecule is Cc1cc2c(c(C)c1NC(=O)OC(C)(C)C)NCC2. The molecule has 1 aromatic rings. The minimum Gasteiger partial charge on any atom is -0.444 e. The van der Waals surface area contributed by atoms with E-state index in [0.29, 0.717) is 0 Å². The van der Waals surface area contributed by atoms with Gasteiger partial charge in [0.1, 0.15) is 5.60 Å². The number of ether oxygens (including phenoxy) is 1. The van der Waals surface area contributed by atoms with Crippen molar-refractivity contribution in [2.24, 2.45) is 0 Å². The number of fused-ring (bicyclic) bond motifs is 1. The zero-order chi connectivity index (χ0) is 14.2. The minimum atomic E-state index is -0.485. The molecule has 4 nitrogen and oxygen atoms in total. The van der Waals surface area contributed by atoms with Crippen LogP contribution in [0, 0.1) is 13.8 Å². The van der Waals surface area contributed by atoms with E-state index >= 15 is 0 Å². The first kappa shape index (κ1) is 13.7. The van der Waals surface area contributed by atoms with E-state index in [1.807, 2.05) is 34.6 Å². The highest BCUT2D eigenvalue weighted by Crippen LogP contribution is 2.34. The van der Waals surface area contributed by atoms with Crippen LogP contribution in [0.25, 0.3) is 0 Å². The highest BCUT2D eigenvalue weighted by atomic mass is 16.6. The van der Waals surface area contributed by atoms with Crippen LogP contribution in [0.1, 0.15) is 37.5 Å². The molecule has 1 aliphatic rings. The van der Waals surface area contributed by atoms with Gasteiger partial charge in [-0.2, -0.15) is 0 Å². The molecule has 0 aromatic heterocycles. The van der Waals surface area contributed by atoms with E-state index < -0.39 is 11.7 Å². The van der Waals surface area contributed by atoms with Crippen molar-refractivity contribution in [2.45, 2.75) is 46.6 Å². The van der Waals surface area contributed by atoms with E-state index in [9.17, 15) is 4.79 Å². The smallest absolute Gasteiger partial charge is 0.412 e. The van der Waals surface area contributed by atoms with Gasteiger partial charge in [-0.25, -0.2) is 4.79 Å². The molecule has 0 spiro atoms. The summed E-state index contributed by atoms with van der Waals surface area (Å²) in [6.45, 7) is 10.6. The number of nitrogens with one attached hydrogen (secondary N) is 2. The fraction of sp³-hybridized carbons (Fsp3) is 0.533. The molecule has 0 fully saturated rings. The average molecular weight is 262 g/mol. The number of rotatable bonds is 1. The molecule has 2 rings (SSSR count). The van der Waals surface area contributed by atoms with Gasteiger partial charge < -0.3 is 10.1 Å². The molecular formula is C15H22N2O2. The summed E-state index contributed by atoms with van der Waals surface area (Å²) in [6.07, 6.45) is 0.639. The van der Waals surface area contributed by atoms with Crippen LogP contribution in [-0.4, -0.2) is 18.2 Å². The summed E-state index contributed by atoms with van der Waals surface area (Å²) in [5, 5.41) is 6.23. The minimum absolute atomic E-state index is 0.406. The maximum absolute atomic E-state index is 11.9. The lowest BCUT2D eigenvalue weighted by atomic mass is 10.0. The van der Waals surface area contributed by atoms with Crippen LogP contribution in [0.2, 0.25) is 0 Å². The van der Waals surface area contributed by atoms with Crippen LogP contribution in [0.5, 0.6) is 0 Å². The van der Waals surface area contributed by atoms with Crippen molar-refractivity contribution in [2.75, 3.05) is 17.2 Å². The van der Waals surface area contributed by atoms with Crippen molar-refractivity contribution < 1.29 is 9.53 Å². The van der Waals surface area contributed by atoms with Gasteiger partial charge in [-0.05, 0) is 57.7 Å². The standard InChI is InChI=1S/C15H22N2O2/c1-9-8-11-6-7-16-13(11)10(2)12(9)17-14(18)19-15(3,4)5/h8,16H,6-7H2,1-5H3,(H,17,18). The molecule has 0 saturated heterocycles. The van der Waals surface area contributed by atoms with E-state index in [1.165, 1.54) is 5.56 Å². The highest BCUT2D eigenvalue weighted by Gasteiger charge is 2.21. The normalized spacial score (nSPS) is 13.7. The third-order valence-corrected chi connectivity index (χ3v) is 3.18. The van der Waals surface area contributed by atoms with E-state index in [-0.39, 0.29) is 0 Å². The monoisotopic (exact) mass is 262 g/mol. The summed E-state index contributed by atoms with van der Waals surface area (Å²) in [7, 11) is 0. The number of hydrogen-bond acceptors (Lipinski definition) is 3. The van der Waals surface area contributed by atoms with Gasteiger partial charge in [0.05, 0.1) is 5.69 Å². The van der Waals surface area contributed by atoms with Gasteiger partial charge >= 0.3 is 6.09 Å². The summed E-state index contributed by atoms with van der Waals surface area (Å²) in [4.78, 5) is 11.9. The molecule has 0 unspecified atom stereocenters. The fourth-order valence-electron chi connectivity index (χ4n) is 2.43. The first-order valence-electron chi connectivity index (χ1n) is 6.65. The summed E-state index contributed by atoms with van der Waals surface area (Å²) < 4.78 is 5.30. The average Bonchev–Trinajstić information content (AvgIpc) is 2.69. The summed E-state index contributed by atoms with van der Waals surface area (Å²) in [6, 6.07) is 2.13. The molecule has 1 heterocycles. The highest BCUT2D eigenvalue weighted by molar-refractivity contribution is 5.89. The van der Waals surface area contributed by atoms with Gasteiger partial charge in [0, 0.05) is 12.2 Å². The molecule has 1 aliphatic heterocycles. The molecule has 0 bridgehead atoms. The molecule has 0 atom stereocenters. The second-order valence-corrected chi connectivity index (χ2v) is 6.03. The van der Waals surface area contributed by atoms with E-state index in [1.54, 1.807) is 0 Å². The maximum Gasteiger partial charge on any atom is 0.412 e. The third kappa shape index (κ3) is 3.00. The summed E-state index contributed by atoms with van der Waals surface area (Å²) >= 11 is 0. The van der Waals surface area contributed by atoms with Crippen molar-refractivity contribution in [1.82, 2.24) is 0 Å². The van der Waals surface area contributed by atoms with Crippen molar-refractivity contribution >= 4 is 17.5 Å². The molecule has 0 radical (unpaired) electrons. The van der Waals surface area contributed by atoms with Gasteiger partial charge in [-0.1, -0.05) is 6.07 Å². The van der Waals surface area contributed by atoms with Gasteiger partial charge in [0.15, 0.2) is 0 Å². The second kappa shape index (κ2) is 4.76. The maximum atomic E-state index is 11.9. The molecule has 104 valence electrons. The van der Waals surface area contributed by atoms with Crippen LogP contribution in [0.15, 0.2) is 6.07 Å². The second-order valence-electron chi connectivity index (χ2n) is 6.03. The number of benzene rings is 1. The molecule has 1 amide bonds. The van der Waals surface area contributed by atoms with Crippen LogP contribution in [-0.2, 0) is 11.2 Å². The third-order valence-electron chi connectivity index (χ3n) is 3.18. The number of hydrogen-bond donors (Lipinski definition) is 2. The molecule has 0 aliphatic carbocycles. The Labute approximate surface area is 114 Å². The van der Waals surface area contributed by atoms with Gasteiger partial charge in [-0.3, -0.25) is 5.32 Å². The van der Waals surface area contributed by atoms with Gasteiger partial charge in [0.2, 0.25) is 0 Å². The van der Waals surface area contributed by atoms with Crippen molar-refractivity contribution in [3.8, 4) is 0 Å². The lowest BCUT2D eigenvalue weighted by molar-refractivity contribution is 0.0635. The quantitative estimate of drug-likeness (QED) is 0.812. The summed E-state index contributed by atoms with van der Waals surface area (Å²) in [5.41, 5.74) is 4.99. The van der Waals surface area contributed by atoms with Gasteiger partial charge in [-0.15, -0.1) is 0 Å². The number of aryl methyl sites for hydroxylation is 1. The molecule has 1 aromatic carbocycles. The molecule has 0 saturated carbocycles. The Hall–Kier alpha value is -1.71. The molecule has 19 heavy (non-hydrogen) atoms. The Morgan fingerprint density at radius 3 is 2.68 bits per heavy atom. The number of carbonyl (C=O) groups is 1. The van der Waals surface area contributed by atoms with E-state index in [0.717, 1.165) is 35.5 Å². The van der Waals surface area contributed by atoms with Crippen LogP contribution in [0.3, 0.4) is 0 Å². The first-order valence-corrected chi connectivity index (χ1v) is 6.65. The number of carbonyl (C=O) groups excluding carboxylic acids is 1. The van der Waals surface area contributed by atoms with Crippen LogP contribution >= 0.6 is 0 Å². The Bertz CT molecular complexity index is 516. The van der Waals surface area contributed by atoms with E-state index in [4.69, 9.17) is 4.74 Å². The van der Waals surface area contributed by atoms with Crippen LogP contribution in [0.4, 0.5) is 16.2 Å². The summed E-state index contributed by atoms with van der Waals surface area (Å²) in [5.74, 6) is 0. The zero-order valence-electron chi connectivity index (χ0n) is 12.3. The Kier molecular flexibility index (Phi) is 3.43. The number of anilines is 2. The Balaban J connectivity index is 2.24. The van der Waals surface area contributed by atoms with E-state index in [2.05, 4.69) is 16.7 Å². The molecular weight excluding hydrogens is 240 g/mol. The lowest BCUT2D eigenvalue weighted by Gasteiger charge is -2.21.